The van der Waals surface area contributed by atoms with Gasteiger partial charge in [-0.2, -0.15) is 0 Å². The van der Waals surface area contributed by atoms with E-state index < -0.39 is 5.97 Å². The number of nitrogens with zero attached hydrogens (tertiary/aromatic N) is 2. The highest BCUT2D eigenvalue weighted by atomic mass is 16.4. The Hall–Kier alpha value is -3.44. The van der Waals surface area contributed by atoms with Gasteiger partial charge in [0.1, 0.15) is 6.33 Å². The summed E-state index contributed by atoms with van der Waals surface area (Å²) in [7, 11) is 0. The lowest BCUT2D eigenvalue weighted by molar-refractivity contribution is 0.0697. The molecule has 0 saturated carbocycles. The van der Waals surface area contributed by atoms with Crippen molar-refractivity contribution in [3.05, 3.63) is 83.7 Å². The number of hydrogen-bond acceptors (Lipinski definition) is 3. The van der Waals surface area contributed by atoms with Crippen molar-refractivity contribution in [2.45, 2.75) is 6.04 Å². The fourth-order valence-corrected chi connectivity index (χ4v) is 3.81. The molecule has 126 valence electrons. The van der Waals surface area contributed by atoms with Gasteiger partial charge in [0.25, 0.3) is 0 Å². The lowest BCUT2D eigenvalue weighted by atomic mass is 10.0. The average molecular weight is 341 g/mol. The van der Waals surface area contributed by atoms with Crippen LogP contribution in [0.4, 0.5) is 0 Å². The molecule has 26 heavy (non-hydrogen) atoms. The SMILES string of the molecule is NC1c2ccccc2-c2c1cccc2-n1cnc2cc(C(=O)O)ccc21. The minimum absolute atomic E-state index is 0.144. The van der Waals surface area contributed by atoms with Crippen LogP contribution < -0.4 is 5.73 Å². The van der Waals surface area contributed by atoms with Crippen LogP contribution in [0.3, 0.4) is 0 Å². The summed E-state index contributed by atoms with van der Waals surface area (Å²) in [6.07, 6.45) is 1.73. The predicted molar refractivity (Wildman–Crippen MR) is 99.5 cm³/mol. The van der Waals surface area contributed by atoms with Crippen LogP contribution in [0, 0.1) is 0 Å². The smallest absolute Gasteiger partial charge is 0.335 e. The Balaban J connectivity index is 1.78. The van der Waals surface area contributed by atoms with Crippen molar-refractivity contribution >= 4 is 17.0 Å². The van der Waals surface area contributed by atoms with Crippen molar-refractivity contribution in [3.63, 3.8) is 0 Å². The summed E-state index contributed by atoms with van der Waals surface area (Å²) < 4.78 is 1.99. The summed E-state index contributed by atoms with van der Waals surface area (Å²) >= 11 is 0. The van der Waals surface area contributed by atoms with E-state index in [4.69, 9.17) is 5.73 Å². The van der Waals surface area contributed by atoms with E-state index in [1.807, 2.05) is 28.8 Å². The maximum Gasteiger partial charge on any atom is 0.335 e. The topological polar surface area (TPSA) is 81.1 Å². The van der Waals surface area contributed by atoms with Crippen LogP contribution in [0.15, 0.2) is 67.0 Å². The fourth-order valence-electron chi connectivity index (χ4n) is 3.81. The third-order valence-corrected chi connectivity index (χ3v) is 5.03. The quantitative estimate of drug-likeness (QED) is 0.582. The van der Waals surface area contributed by atoms with Crippen molar-refractivity contribution in [1.29, 1.82) is 0 Å². The van der Waals surface area contributed by atoms with Crippen LogP contribution in [0.25, 0.3) is 27.8 Å². The first-order valence-electron chi connectivity index (χ1n) is 8.34. The number of benzene rings is 3. The zero-order valence-corrected chi connectivity index (χ0v) is 13.8. The molecule has 4 aromatic rings. The number of carboxylic acids is 1. The molecule has 1 aromatic heterocycles. The minimum atomic E-state index is -0.957. The molecule has 0 aliphatic heterocycles. The fraction of sp³-hybridized carbons (Fsp3) is 0.0476. The molecule has 1 aliphatic carbocycles. The van der Waals surface area contributed by atoms with Crippen LogP contribution in [-0.4, -0.2) is 20.6 Å². The minimum Gasteiger partial charge on any atom is -0.478 e. The summed E-state index contributed by atoms with van der Waals surface area (Å²) in [6.45, 7) is 0. The largest absolute Gasteiger partial charge is 0.478 e. The number of imidazole rings is 1. The Kier molecular flexibility index (Phi) is 3.02. The Morgan fingerprint density at radius 3 is 2.69 bits per heavy atom. The molecule has 0 fully saturated rings. The van der Waals surface area contributed by atoms with E-state index in [0.717, 1.165) is 33.5 Å². The van der Waals surface area contributed by atoms with Gasteiger partial charge in [0.05, 0.1) is 28.3 Å². The lowest BCUT2D eigenvalue weighted by Gasteiger charge is -2.12. The van der Waals surface area contributed by atoms with Crippen LogP contribution in [0.1, 0.15) is 27.5 Å². The van der Waals surface area contributed by atoms with Gasteiger partial charge in [-0.25, -0.2) is 9.78 Å². The van der Waals surface area contributed by atoms with Gasteiger partial charge in [0.15, 0.2) is 0 Å². The molecule has 0 radical (unpaired) electrons. The Bertz CT molecular complexity index is 1190. The third kappa shape index (κ3) is 1.95. The number of carboxylic acid groups (broad SMARTS) is 1. The van der Waals surface area contributed by atoms with Gasteiger partial charge in [0, 0.05) is 5.56 Å². The van der Waals surface area contributed by atoms with Crippen LogP contribution in [0.5, 0.6) is 0 Å². The molecule has 0 bridgehead atoms. The number of nitrogens with two attached hydrogens (primary N) is 1. The standard InChI is InChI=1S/C21H15N3O2/c22-20-14-5-2-1-4-13(14)19-15(20)6-3-7-18(19)24-11-23-16-10-12(21(25)26)8-9-17(16)24/h1-11,20H,22H2,(H,25,26). The molecule has 1 aliphatic rings. The van der Waals surface area contributed by atoms with Gasteiger partial charge >= 0.3 is 5.97 Å². The van der Waals surface area contributed by atoms with Crippen molar-refractivity contribution in [2.75, 3.05) is 0 Å². The van der Waals surface area contributed by atoms with E-state index in [-0.39, 0.29) is 11.6 Å². The molecule has 5 rings (SSSR count). The number of rotatable bonds is 2. The second-order valence-corrected chi connectivity index (χ2v) is 6.43. The van der Waals surface area contributed by atoms with Gasteiger partial charge in [0.2, 0.25) is 0 Å². The number of aromatic carboxylic acids is 1. The van der Waals surface area contributed by atoms with E-state index in [1.165, 1.54) is 0 Å². The number of fused-ring (bicyclic) bond motifs is 4. The molecular weight excluding hydrogens is 326 g/mol. The summed E-state index contributed by atoms with van der Waals surface area (Å²) in [5, 5.41) is 9.18. The monoisotopic (exact) mass is 341 g/mol. The van der Waals surface area contributed by atoms with Crippen LogP contribution in [-0.2, 0) is 0 Å². The molecule has 5 heteroatoms. The number of carbonyl (C=O) groups is 1. The van der Waals surface area contributed by atoms with Gasteiger partial charge < -0.3 is 10.8 Å². The van der Waals surface area contributed by atoms with E-state index in [2.05, 4.69) is 23.2 Å². The Morgan fingerprint density at radius 1 is 1.04 bits per heavy atom. The van der Waals surface area contributed by atoms with E-state index in [9.17, 15) is 9.90 Å². The van der Waals surface area contributed by atoms with E-state index >= 15 is 0 Å². The first-order chi connectivity index (χ1) is 12.6. The maximum absolute atomic E-state index is 11.2. The molecular formula is C21H15N3O2. The van der Waals surface area contributed by atoms with Crippen LogP contribution >= 0.6 is 0 Å². The predicted octanol–water partition coefficient (Wildman–Crippen LogP) is 3.75. The summed E-state index contributed by atoms with van der Waals surface area (Å²) in [5.74, 6) is -0.957. The number of hydrogen-bond donors (Lipinski definition) is 2. The van der Waals surface area contributed by atoms with Gasteiger partial charge in [-0.05, 0) is 41.0 Å². The van der Waals surface area contributed by atoms with Gasteiger partial charge in [-0.15, -0.1) is 0 Å². The molecule has 1 atom stereocenters. The molecule has 0 saturated heterocycles. The second-order valence-electron chi connectivity index (χ2n) is 6.43. The highest BCUT2D eigenvalue weighted by Crippen LogP contribution is 2.45. The van der Waals surface area contributed by atoms with Crippen molar-refractivity contribution in [1.82, 2.24) is 9.55 Å². The average Bonchev–Trinajstić information content (AvgIpc) is 3.21. The lowest BCUT2D eigenvalue weighted by Crippen LogP contribution is -2.08. The molecule has 5 nitrogen and oxygen atoms in total. The third-order valence-electron chi connectivity index (χ3n) is 5.03. The molecule has 1 heterocycles. The summed E-state index contributed by atoms with van der Waals surface area (Å²) in [6, 6.07) is 19.1. The first kappa shape index (κ1) is 14.9. The van der Waals surface area contributed by atoms with E-state index in [0.29, 0.717) is 5.52 Å². The van der Waals surface area contributed by atoms with Crippen molar-refractivity contribution in [2.24, 2.45) is 5.73 Å². The van der Waals surface area contributed by atoms with E-state index in [1.54, 1.807) is 24.5 Å². The second kappa shape index (κ2) is 5.28. The Morgan fingerprint density at radius 2 is 1.85 bits per heavy atom. The Labute approximate surface area is 149 Å². The molecule has 1 unspecified atom stereocenters. The first-order valence-corrected chi connectivity index (χ1v) is 8.34. The normalized spacial score (nSPS) is 15.0. The highest BCUT2D eigenvalue weighted by molar-refractivity contribution is 5.93. The van der Waals surface area contributed by atoms with Crippen molar-refractivity contribution in [3.8, 4) is 16.8 Å². The number of aromatic nitrogens is 2. The molecule has 3 aromatic carbocycles. The maximum atomic E-state index is 11.2. The zero-order valence-electron chi connectivity index (χ0n) is 13.8. The van der Waals surface area contributed by atoms with Gasteiger partial charge in [-0.1, -0.05) is 36.4 Å². The molecule has 3 N–H and O–H groups in total. The molecule has 0 amide bonds. The highest BCUT2D eigenvalue weighted by Gasteiger charge is 2.28. The molecule has 0 spiro atoms. The van der Waals surface area contributed by atoms with Crippen LogP contribution in [0.2, 0.25) is 0 Å². The zero-order chi connectivity index (χ0) is 17.8. The van der Waals surface area contributed by atoms with Crippen molar-refractivity contribution < 1.29 is 9.90 Å². The van der Waals surface area contributed by atoms with Gasteiger partial charge in [-0.3, -0.25) is 4.57 Å². The summed E-state index contributed by atoms with van der Waals surface area (Å²) in [4.78, 5) is 15.6. The summed E-state index contributed by atoms with van der Waals surface area (Å²) in [5.41, 5.74) is 13.6.